The molecule has 15 heavy (non-hydrogen) atoms. The van der Waals surface area contributed by atoms with E-state index in [0.717, 1.165) is 5.56 Å². The van der Waals surface area contributed by atoms with Crippen molar-refractivity contribution in [1.82, 2.24) is 0 Å². The molecule has 0 radical (unpaired) electrons. The van der Waals surface area contributed by atoms with Gasteiger partial charge < -0.3 is 4.74 Å². The second-order valence-electron chi connectivity index (χ2n) is 3.48. The molecule has 1 rings (SSSR count). The fourth-order valence-corrected chi connectivity index (χ4v) is 1.25. The van der Waals surface area contributed by atoms with Crippen molar-refractivity contribution in [2.24, 2.45) is 5.92 Å². The number of carbonyl (C=O) groups excluding carboxylic acids is 2. The number of hydrogen-bond acceptors (Lipinski definition) is 3. The number of esters is 1. The van der Waals surface area contributed by atoms with Gasteiger partial charge in [-0.1, -0.05) is 29.8 Å². The minimum absolute atomic E-state index is 0.207. The van der Waals surface area contributed by atoms with Crippen molar-refractivity contribution in [3.63, 3.8) is 0 Å². The van der Waals surface area contributed by atoms with Crippen LogP contribution >= 0.6 is 0 Å². The Labute approximate surface area is 89.1 Å². The molecule has 0 N–H and O–H groups in total. The molecule has 80 valence electrons. The van der Waals surface area contributed by atoms with Gasteiger partial charge in [-0.05, 0) is 13.8 Å². The molecule has 1 atom stereocenters. The van der Waals surface area contributed by atoms with E-state index in [1.807, 2.05) is 19.1 Å². The van der Waals surface area contributed by atoms with E-state index >= 15 is 0 Å². The maximum absolute atomic E-state index is 11.8. The number of aryl methyl sites for hydroxylation is 1. The van der Waals surface area contributed by atoms with E-state index in [0.29, 0.717) is 5.56 Å². The van der Waals surface area contributed by atoms with E-state index in [4.69, 9.17) is 0 Å². The Morgan fingerprint density at radius 2 is 1.73 bits per heavy atom. The van der Waals surface area contributed by atoms with Crippen LogP contribution in [0.2, 0.25) is 0 Å². The monoisotopic (exact) mass is 206 g/mol. The highest BCUT2D eigenvalue weighted by Crippen LogP contribution is 2.11. The van der Waals surface area contributed by atoms with Crippen molar-refractivity contribution in [2.45, 2.75) is 13.8 Å². The Bertz CT molecular complexity index is 365. The second-order valence-corrected chi connectivity index (χ2v) is 3.48. The number of carbonyl (C=O) groups is 2. The number of ether oxygens (including phenoxy) is 1. The largest absolute Gasteiger partial charge is 0.468 e. The Balaban J connectivity index is 2.85. The summed E-state index contributed by atoms with van der Waals surface area (Å²) in [7, 11) is 1.28. The van der Waals surface area contributed by atoms with Crippen LogP contribution in [0.25, 0.3) is 0 Å². The SMILES string of the molecule is COC(=O)C(C)C(=O)c1ccc(C)cc1. The fourth-order valence-electron chi connectivity index (χ4n) is 1.25. The Morgan fingerprint density at radius 3 is 2.20 bits per heavy atom. The summed E-state index contributed by atoms with van der Waals surface area (Å²) < 4.78 is 4.52. The minimum atomic E-state index is -0.738. The molecule has 1 aromatic rings. The van der Waals surface area contributed by atoms with E-state index < -0.39 is 11.9 Å². The van der Waals surface area contributed by atoms with Gasteiger partial charge in [0.2, 0.25) is 0 Å². The zero-order valence-electron chi connectivity index (χ0n) is 9.11. The lowest BCUT2D eigenvalue weighted by molar-refractivity contribution is -0.143. The van der Waals surface area contributed by atoms with E-state index in [1.165, 1.54) is 7.11 Å². The molecule has 1 unspecified atom stereocenters. The Kier molecular flexibility index (Phi) is 3.61. The lowest BCUT2D eigenvalue weighted by Crippen LogP contribution is -2.22. The highest BCUT2D eigenvalue weighted by atomic mass is 16.5. The number of ketones is 1. The van der Waals surface area contributed by atoms with E-state index in [2.05, 4.69) is 4.74 Å². The van der Waals surface area contributed by atoms with Crippen molar-refractivity contribution in [3.05, 3.63) is 35.4 Å². The summed E-state index contributed by atoms with van der Waals surface area (Å²) in [4.78, 5) is 22.9. The topological polar surface area (TPSA) is 43.4 Å². The lowest BCUT2D eigenvalue weighted by atomic mass is 9.99. The third-order valence-corrected chi connectivity index (χ3v) is 2.28. The Hall–Kier alpha value is -1.64. The van der Waals surface area contributed by atoms with Gasteiger partial charge in [-0.2, -0.15) is 0 Å². The van der Waals surface area contributed by atoms with E-state index in [-0.39, 0.29) is 5.78 Å². The summed E-state index contributed by atoms with van der Waals surface area (Å²) in [5, 5.41) is 0. The van der Waals surface area contributed by atoms with Crippen LogP contribution in [0.5, 0.6) is 0 Å². The molecule has 0 amide bonds. The molecule has 0 fully saturated rings. The number of rotatable bonds is 3. The predicted molar refractivity (Wildman–Crippen MR) is 56.7 cm³/mol. The minimum Gasteiger partial charge on any atom is -0.468 e. The smallest absolute Gasteiger partial charge is 0.316 e. The van der Waals surface area contributed by atoms with Crippen LogP contribution in [-0.2, 0) is 9.53 Å². The molecule has 0 aromatic heterocycles. The standard InChI is InChI=1S/C12H14O3/c1-8-4-6-10(7-5-8)11(13)9(2)12(14)15-3/h4-7,9H,1-3H3. The lowest BCUT2D eigenvalue weighted by Gasteiger charge is -2.07. The third-order valence-electron chi connectivity index (χ3n) is 2.28. The molecule has 0 aliphatic rings. The average Bonchev–Trinajstić information content (AvgIpc) is 2.27. The van der Waals surface area contributed by atoms with Crippen molar-refractivity contribution >= 4 is 11.8 Å². The van der Waals surface area contributed by atoms with Gasteiger partial charge in [0, 0.05) is 5.56 Å². The number of benzene rings is 1. The molecule has 0 bridgehead atoms. The molecule has 0 aliphatic heterocycles. The van der Waals surface area contributed by atoms with Gasteiger partial charge in [-0.15, -0.1) is 0 Å². The van der Waals surface area contributed by atoms with Gasteiger partial charge in [-0.25, -0.2) is 0 Å². The number of Topliss-reactive ketones (excluding diaryl/α,β-unsaturated/α-hetero) is 1. The van der Waals surface area contributed by atoms with Crippen molar-refractivity contribution < 1.29 is 14.3 Å². The van der Waals surface area contributed by atoms with Crippen LogP contribution in [0.15, 0.2) is 24.3 Å². The van der Waals surface area contributed by atoms with Crippen molar-refractivity contribution in [2.75, 3.05) is 7.11 Å². The first-order valence-electron chi connectivity index (χ1n) is 4.75. The van der Waals surface area contributed by atoms with Crippen LogP contribution in [0.4, 0.5) is 0 Å². The predicted octanol–water partition coefficient (Wildman–Crippen LogP) is 1.99. The normalized spacial score (nSPS) is 11.9. The Morgan fingerprint density at radius 1 is 1.20 bits per heavy atom. The number of hydrogen-bond donors (Lipinski definition) is 0. The highest BCUT2D eigenvalue weighted by Gasteiger charge is 2.22. The van der Waals surface area contributed by atoms with Gasteiger partial charge in [0.1, 0.15) is 5.92 Å². The fraction of sp³-hybridized carbons (Fsp3) is 0.333. The maximum atomic E-state index is 11.8. The molecule has 3 nitrogen and oxygen atoms in total. The highest BCUT2D eigenvalue weighted by molar-refractivity contribution is 6.08. The zero-order valence-corrected chi connectivity index (χ0v) is 9.11. The molecule has 3 heteroatoms. The summed E-state index contributed by atoms with van der Waals surface area (Å²) in [5.41, 5.74) is 1.62. The molecule has 0 saturated carbocycles. The molecule has 0 saturated heterocycles. The third kappa shape index (κ3) is 2.65. The van der Waals surface area contributed by atoms with E-state index in [9.17, 15) is 9.59 Å². The quantitative estimate of drug-likeness (QED) is 0.431. The molecule has 0 heterocycles. The van der Waals surface area contributed by atoms with Gasteiger partial charge in [0.15, 0.2) is 5.78 Å². The van der Waals surface area contributed by atoms with Crippen LogP contribution in [0.1, 0.15) is 22.8 Å². The summed E-state index contributed by atoms with van der Waals surface area (Å²) in [6, 6.07) is 7.13. The second kappa shape index (κ2) is 4.73. The molecule has 0 spiro atoms. The first kappa shape index (κ1) is 11.4. The summed E-state index contributed by atoms with van der Waals surface area (Å²) in [6.45, 7) is 3.49. The summed E-state index contributed by atoms with van der Waals surface area (Å²) in [5.74, 6) is -1.44. The van der Waals surface area contributed by atoms with Gasteiger partial charge in [-0.3, -0.25) is 9.59 Å². The number of methoxy groups -OCH3 is 1. The maximum Gasteiger partial charge on any atom is 0.316 e. The average molecular weight is 206 g/mol. The van der Waals surface area contributed by atoms with Gasteiger partial charge in [0.05, 0.1) is 7.11 Å². The van der Waals surface area contributed by atoms with Crippen LogP contribution in [-0.4, -0.2) is 18.9 Å². The molecule has 0 aliphatic carbocycles. The summed E-state index contributed by atoms with van der Waals surface area (Å²) >= 11 is 0. The van der Waals surface area contributed by atoms with Crippen LogP contribution in [0.3, 0.4) is 0 Å². The van der Waals surface area contributed by atoms with Gasteiger partial charge in [0.25, 0.3) is 0 Å². The van der Waals surface area contributed by atoms with Crippen molar-refractivity contribution in [1.29, 1.82) is 0 Å². The van der Waals surface area contributed by atoms with Crippen LogP contribution in [0, 0.1) is 12.8 Å². The van der Waals surface area contributed by atoms with E-state index in [1.54, 1.807) is 19.1 Å². The van der Waals surface area contributed by atoms with Gasteiger partial charge >= 0.3 is 5.97 Å². The van der Waals surface area contributed by atoms with Crippen LogP contribution < -0.4 is 0 Å². The van der Waals surface area contributed by atoms with Crippen molar-refractivity contribution in [3.8, 4) is 0 Å². The zero-order chi connectivity index (χ0) is 11.4. The molecule has 1 aromatic carbocycles. The first-order valence-corrected chi connectivity index (χ1v) is 4.75. The first-order chi connectivity index (χ1) is 7.06. The summed E-state index contributed by atoms with van der Waals surface area (Å²) in [6.07, 6.45) is 0. The molecular weight excluding hydrogens is 192 g/mol. The molecular formula is C12H14O3.